The number of ether oxygens (including phenoxy) is 2. The first-order chi connectivity index (χ1) is 20.4. The number of benzene rings is 1. The molecule has 42 heavy (non-hydrogen) atoms. The van der Waals surface area contributed by atoms with E-state index in [0.29, 0.717) is 30.9 Å². The number of hydrogen-bond donors (Lipinski definition) is 4. The van der Waals surface area contributed by atoms with Crippen molar-refractivity contribution >= 4 is 11.7 Å². The highest BCUT2D eigenvalue weighted by Gasteiger charge is 2.63. The number of nitrogens with zero attached hydrogens (tertiary/aromatic N) is 4. The summed E-state index contributed by atoms with van der Waals surface area (Å²) in [6, 6.07) is 3.97. The SMILES string of the molecule is CCON=C1CC(n2nncc2C(=O)OC)C2(O)Oc3ccc(O)cc3C3C(CCCCO)C(CCCCO)C=C1C32. The molecule has 6 unspecified atom stereocenters. The van der Waals surface area contributed by atoms with Gasteiger partial charge in [-0.3, -0.25) is 0 Å². The Kier molecular flexibility index (Phi) is 9.14. The van der Waals surface area contributed by atoms with E-state index in [4.69, 9.17) is 14.3 Å². The van der Waals surface area contributed by atoms with E-state index in [9.17, 15) is 25.2 Å². The van der Waals surface area contributed by atoms with E-state index in [1.165, 1.54) is 24.1 Å². The van der Waals surface area contributed by atoms with Crippen LogP contribution in [0.5, 0.6) is 11.5 Å². The fourth-order valence-electron chi connectivity index (χ4n) is 7.08. The molecule has 5 rings (SSSR count). The van der Waals surface area contributed by atoms with Crippen LogP contribution in [0.25, 0.3) is 0 Å². The Bertz CT molecular complexity index is 1330. The molecule has 2 heterocycles. The molecule has 1 aromatic heterocycles. The topological polar surface area (TPSA) is 169 Å². The molecule has 3 aliphatic rings. The van der Waals surface area contributed by atoms with Gasteiger partial charge in [0.15, 0.2) is 5.69 Å². The lowest BCUT2D eigenvalue weighted by molar-refractivity contribution is -0.225. The Morgan fingerprint density at radius 1 is 1.19 bits per heavy atom. The van der Waals surface area contributed by atoms with Crippen molar-refractivity contribution in [3.05, 3.63) is 47.3 Å². The summed E-state index contributed by atoms with van der Waals surface area (Å²) in [7, 11) is 1.27. The average molecular weight is 585 g/mol. The molecule has 12 heteroatoms. The summed E-state index contributed by atoms with van der Waals surface area (Å²) < 4.78 is 12.8. The molecule has 12 nitrogen and oxygen atoms in total. The van der Waals surface area contributed by atoms with Crippen LogP contribution in [0.4, 0.5) is 0 Å². The van der Waals surface area contributed by atoms with Crippen molar-refractivity contribution in [1.29, 1.82) is 0 Å². The number of allylic oxidation sites excluding steroid dienone is 1. The number of fused-ring (bicyclic) bond motifs is 2. The maximum atomic E-state index is 12.7. The molecule has 0 amide bonds. The minimum Gasteiger partial charge on any atom is -0.508 e. The molecular weight excluding hydrogens is 544 g/mol. The van der Waals surface area contributed by atoms with Crippen molar-refractivity contribution in [2.24, 2.45) is 22.9 Å². The van der Waals surface area contributed by atoms with E-state index in [0.717, 1.165) is 36.8 Å². The number of unbranched alkanes of at least 4 members (excludes halogenated alkanes) is 2. The summed E-state index contributed by atoms with van der Waals surface area (Å²) in [5.74, 6) is -2.85. The summed E-state index contributed by atoms with van der Waals surface area (Å²) in [6.07, 6.45) is 8.08. The molecule has 4 N–H and O–H groups in total. The predicted octanol–water partition coefficient (Wildman–Crippen LogP) is 3.09. The summed E-state index contributed by atoms with van der Waals surface area (Å²) in [5, 5.41) is 55.0. The number of carbonyl (C=O) groups excluding carboxylic acids is 1. The number of aliphatic hydroxyl groups is 3. The maximum Gasteiger partial charge on any atom is 0.358 e. The number of aliphatic hydroxyl groups excluding tert-OH is 2. The van der Waals surface area contributed by atoms with Gasteiger partial charge in [-0.2, -0.15) is 0 Å². The van der Waals surface area contributed by atoms with Crippen LogP contribution in [0, 0.1) is 17.8 Å². The van der Waals surface area contributed by atoms with Crippen LogP contribution in [-0.2, 0) is 9.57 Å². The van der Waals surface area contributed by atoms with Gasteiger partial charge in [-0.25, -0.2) is 9.48 Å². The van der Waals surface area contributed by atoms with E-state index >= 15 is 0 Å². The molecule has 228 valence electrons. The van der Waals surface area contributed by atoms with E-state index in [1.54, 1.807) is 12.1 Å². The van der Waals surface area contributed by atoms with Gasteiger partial charge in [0.1, 0.15) is 24.1 Å². The molecule has 2 aromatic rings. The van der Waals surface area contributed by atoms with E-state index in [1.807, 2.05) is 6.92 Å². The Morgan fingerprint density at radius 2 is 1.95 bits per heavy atom. The third-order valence-electron chi connectivity index (χ3n) is 8.83. The largest absolute Gasteiger partial charge is 0.508 e. The number of oxime groups is 1. The Hall–Kier alpha value is -3.48. The molecule has 0 bridgehead atoms. The van der Waals surface area contributed by atoms with Crippen LogP contribution in [0.3, 0.4) is 0 Å². The number of aromatic nitrogens is 3. The quantitative estimate of drug-likeness (QED) is 0.165. The number of rotatable bonds is 12. The number of hydrogen-bond acceptors (Lipinski definition) is 11. The molecule has 1 aliphatic heterocycles. The van der Waals surface area contributed by atoms with Crippen LogP contribution in [-0.4, -0.2) is 79.8 Å². The smallest absolute Gasteiger partial charge is 0.358 e. The van der Waals surface area contributed by atoms with Gasteiger partial charge in [-0.15, -0.1) is 5.10 Å². The van der Waals surface area contributed by atoms with Gasteiger partial charge in [0.05, 0.1) is 24.9 Å². The zero-order chi connectivity index (χ0) is 29.9. The van der Waals surface area contributed by atoms with Gasteiger partial charge in [0.25, 0.3) is 0 Å². The van der Waals surface area contributed by atoms with Gasteiger partial charge >= 0.3 is 5.97 Å². The van der Waals surface area contributed by atoms with Gasteiger partial charge in [-0.1, -0.05) is 29.3 Å². The highest BCUT2D eigenvalue weighted by atomic mass is 16.6. The minimum absolute atomic E-state index is 0.0166. The summed E-state index contributed by atoms with van der Waals surface area (Å²) in [5.41, 5.74) is 2.25. The van der Waals surface area contributed by atoms with Gasteiger partial charge in [-0.05, 0) is 68.2 Å². The molecule has 0 saturated heterocycles. The molecule has 1 aromatic carbocycles. The zero-order valence-corrected chi connectivity index (χ0v) is 24.1. The number of aromatic hydroxyl groups is 1. The minimum atomic E-state index is -1.87. The van der Waals surface area contributed by atoms with Crippen LogP contribution in [0.15, 0.2) is 41.2 Å². The first kappa shape index (κ1) is 30.0. The second kappa shape index (κ2) is 12.8. The summed E-state index contributed by atoms with van der Waals surface area (Å²) in [6.45, 7) is 2.36. The van der Waals surface area contributed by atoms with Gasteiger partial charge in [0.2, 0.25) is 5.79 Å². The van der Waals surface area contributed by atoms with Gasteiger partial charge in [0, 0.05) is 31.1 Å². The molecule has 2 aliphatic carbocycles. The van der Waals surface area contributed by atoms with E-state index in [2.05, 4.69) is 21.5 Å². The fourth-order valence-corrected chi connectivity index (χ4v) is 7.08. The zero-order valence-electron chi connectivity index (χ0n) is 24.1. The third kappa shape index (κ3) is 5.38. The van der Waals surface area contributed by atoms with Crippen LogP contribution >= 0.6 is 0 Å². The number of carbonyl (C=O) groups is 1. The highest BCUT2D eigenvalue weighted by molar-refractivity contribution is 6.02. The van der Waals surface area contributed by atoms with Crippen molar-refractivity contribution < 1.29 is 39.5 Å². The lowest BCUT2D eigenvalue weighted by Gasteiger charge is -2.56. The van der Waals surface area contributed by atoms with E-state index in [-0.39, 0.29) is 48.8 Å². The van der Waals surface area contributed by atoms with Crippen LogP contribution < -0.4 is 4.74 Å². The second-order valence-electron chi connectivity index (χ2n) is 11.2. The first-order valence-electron chi connectivity index (χ1n) is 14.7. The Balaban J connectivity index is 1.72. The van der Waals surface area contributed by atoms with Crippen molar-refractivity contribution in [2.45, 2.75) is 69.6 Å². The summed E-state index contributed by atoms with van der Waals surface area (Å²) >= 11 is 0. The Labute approximate surface area is 244 Å². The molecule has 0 spiro atoms. The standard InChI is InChI=1S/C30H40N4O8/c1-3-41-32-23-16-26(34-24(17-31-33-34)29(38)40-2)30(39)28-21(23)14-18(8-4-6-12-35)20(9-5-7-13-36)27(28)22-15-19(37)10-11-25(22)42-30/h10-11,14-15,17-18,20,26-28,35-37,39H,3-9,12-13,16H2,1-2H3. The lowest BCUT2D eigenvalue weighted by Crippen LogP contribution is -2.62. The fraction of sp³-hybridized carbons (Fsp3) is 0.600. The highest BCUT2D eigenvalue weighted by Crippen LogP contribution is 2.62. The predicted molar refractivity (Wildman–Crippen MR) is 151 cm³/mol. The number of methoxy groups -OCH3 is 1. The molecular formula is C30H40N4O8. The molecule has 0 radical (unpaired) electrons. The molecule has 1 fully saturated rings. The maximum absolute atomic E-state index is 12.7. The lowest BCUT2D eigenvalue weighted by atomic mass is 9.55. The van der Waals surface area contributed by atoms with Crippen molar-refractivity contribution in [3.8, 4) is 11.5 Å². The average Bonchev–Trinajstić information content (AvgIpc) is 3.47. The number of phenols is 1. The van der Waals surface area contributed by atoms with Crippen molar-refractivity contribution in [1.82, 2.24) is 15.0 Å². The van der Waals surface area contributed by atoms with Crippen molar-refractivity contribution in [3.63, 3.8) is 0 Å². The van der Waals surface area contributed by atoms with E-state index < -0.39 is 23.7 Å². The number of esters is 1. The van der Waals surface area contributed by atoms with Crippen LogP contribution in [0.2, 0.25) is 0 Å². The molecule has 1 saturated carbocycles. The normalized spacial score (nSPS) is 28.8. The number of phenolic OH excluding ortho intramolecular Hbond substituents is 1. The first-order valence-corrected chi connectivity index (χ1v) is 14.7. The summed E-state index contributed by atoms with van der Waals surface area (Å²) in [4.78, 5) is 18.2. The van der Waals surface area contributed by atoms with Crippen molar-refractivity contribution in [2.75, 3.05) is 26.9 Å². The third-order valence-corrected chi connectivity index (χ3v) is 8.83. The molecule has 6 atom stereocenters. The second-order valence-corrected chi connectivity index (χ2v) is 11.2. The van der Waals surface area contributed by atoms with Crippen LogP contribution in [0.1, 0.15) is 79.9 Å². The Morgan fingerprint density at radius 3 is 2.67 bits per heavy atom. The van der Waals surface area contributed by atoms with Gasteiger partial charge < -0.3 is 34.7 Å². The monoisotopic (exact) mass is 584 g/mol.